The molecule has 0 unspecified atom stereocenters. The molecular weight excluding hydrogens is 409 g/mol. The molecule has 2 aromatic rings. The third-order valence-electron chi connectivity index (χ3n) is 3.78. The summed E-state index contributed by atoms with van der Waals surface area (Å²) in [6.45, 7) is 3.67. The first-order valence-corrected chi connectivity index (χ1v) is 8.54. The number of benzene rings is 1. The van der Waals surface area contributed by atoms with E-state index in [4.69, 9.17) is 16.6 Å². The highest BCUT2D eigenvalue weighted by Crippen LogP contribution is 2.28. The minimum atomic E-state index is -4.78. The van der Waals surface area contributed by atoms with Gasteiger partial charge in [0.05, 0.1) is 0 Å². The van der Waals surface area contributed by atoms with Crippen LogP contribution in [0.15, 0.2) is 59.0 Å². The summed E-state index contributed by atoms with van der Waals surface area (Å²) in [4.78, 5) is 25.8. The van der Waals surface area contributed by atoms with Crippen LogP contribution in [0.2, 0.25) is 0 Å². The van der Waals surface area contributed by atoms with Gasteiger partial charge in [0, 0.05) is 12.1 Å². The number of rotatable bonds is 5. The van der Waals surface area contributed by atoms with Crippen molar-refractivity contribution in [2.24, 2.45) is 0 Å². The van der Waals surface area contributed by atoms with Gasteiger partial charge in [-0.1, -0.05) is 6.08 Å². The maximum Gasteiger partial charge on any atom is 0.573 e. The van der Waals surface area contributed by atoms with Crippen molar-refractivity contribution in [2.75, 3.05) is 6.54 Å². The fourth-order valence-electron chi connectivity index (χ4n) is 2.54. The summed E-state index contributed by atoms with van der Waals surface area (Å²) in [5.74, 6) is -1.08. The van der Waals surface area contributed by atoms with Crippen LogP contribution in [0.5, 0.6) is 5.75 Å². The Morgan fingerprint density at radius 3 is 2.48 bits per heavy atom. The SMILES string of the molecule is C=CCN1C(=O)/C(=C/c2ccc(-c3ccc(OC(F)(F)F)cc3)o2)C(=O)NC1=S. The van der Waals surface area contributed by atoms with Crippen molar-refractivity contribution in [3.05, 3.63) is 60.4 Å². The zero-order valence-corrected chi connectivity index (χ0v) is 15.5. The Hall–Kier alpha value is -3.40. The molecule has 3 rings (SSSR count). The average Bonchev–Trinajstić information content (AvgIpc) is 3.10. The zero-order chi connectivity index (χ0) is 21.2. The number of nitrogens with zero attached hydrogens (tertiary/aromatic N) is 1. The fraction of sp³-hybridized carbons (Fsp3) is 0.105. The lowest BCUT2D eigenvalue weighted by molar-refractivity contribution is -0.274. The smallest absolute Gasteiger partial charge is 0.457 e. The van der Waals surface area contributed by atoms with E-state index in [9.17, 15) is 22.8 Å². The maximum atomic E-state index is 12.5. The molecule has 2 amide bonds. The van der Waals surface area contributed by atoms with Gasteiger partial charge in [0.15, 0.2) is 5.11 Å². The minimum Gasteiger partial charge on any atom is -0.457 e. The van der Waals surface area contributed by atoms with Crippen molar-refractivity contribution in [1.82, 2.24) is 10.2 Å². The molecule has 10 heteroatoms. The molecule has 1 aliphatic heterocycles. The van der Waals surface area contributed by atoms with Crippen molar-refractivity contribution < 1.29 is 31.9 Å². The molecule has 1 aliphatic rings. The predicted molar refractivity (Wildman–Crippen MR) is 101 cm³/mol. The zero-order valence-electron chi connectivity index (χ0n) is 14.7. The Morgan fingerprint density at radius 2 is 1.86 bits per heavy atom. The Labute approximate surface area is 168 Å². The van der Waals surface area contributed by atoms with Crippen molar-refractivity contribution in [3.63, 3.8) is 0 Å². The van der Waals surface area contributed by atoms with E-state index in [1.165, 1.54) is 35.3 Å². The van der Waals surface area contributed by atoms with E-state index < -0.39 is 18.2 Å². The van der Waals surface area contributed by atoms with E-state index in [0.717, 1.165) is 12.1 Å². The highest BCUT2D eigenvalue weighted by Gasteiger charge is 2.33. The number of hydrogen-bond donors (Lipinski definition) is 1. The predicted octanol–water partition coefficient (Wildman–Crippen LogP) is 3.66. The quantitative estimate of drug-likeness (QED) is 0.345. The number of furan rings is 1. The minimum absolute atomic E-state index is 0.0154. The van der Waals surface area contributed by atoms with Crippen LogP contribution < -0.4 is 10.1 Å². The average molecular weight is 422 g/mol. The van der Waals surface area contributed by atoms with Crippen LogP contribution in [0.4, 0.5) is 13.2 Å². The largest absolute Gasteiger partial charge is 0.573 e. The molecule has 6 nitrogen and oxygen atoms in total. The summed E-state index contributed by atoms with van der Waals surface area (Å²) in [6, 6.07) is 8.15. The van der Waals surface area contributed by atoms with E-state index in [2.05, 4.69) is 16.6 Å². The number of alkyl halides is 3. The summed E-state index contributed by atoms with van der Waals surface area (Å²) < 4.78 is 46.1. The number of thiocarbonyl (C=S) groups is 1. The van der Waals surface area contributed by atoms with Gasteiger partial charge in [0.1, 0.15) is 22.8 Å². The normalized spacial score (nSPS) is 16.2. The van der Waals surface area contributed by atoms with Gasteiger partial charge < -0.3 is 9.15 Å². The number of nitrogens with one attached hydrogen (secondary N) is 1. The molecule has 0 atom stereocenters. The van der Waals surface area contributed by atoms with Gasteiger partial charge in [-0.15, -0.1) is 19.8 Å². The van der Waals surface area contributed by atoms with E-state index >= 15 is 0 Å². The summed E-state index contributed by atoms with van der Waals surface area (Å²) in [5.41, 5.74) is 0.313. The summed E-state index contributed by atoms with van der Waals surface area (Å²) >= 11 is 4.97. The highest BCUT2D eigenvalue weighted by molar-refractivity contribution is 7.80. The van der Waals surface area contributed by atoms with E-state index in [1.54, 1.807) is 6.07 Å². The number of ether oxygens (including phenoxy) is 1. The first-order chi connectivity index (χ1) is 13.7. The van der Waals surface area contributed by atoms with Crippen LogP contribution in [-0.2, 0) is 9.59 Å². The lowest BCUT2D eigenvalue weighted by Crippen LogP contribution is -2.53. The third kappa shape index (κ3) is 4.72. The molecule has 1 aromatic heterocycles. The molecule has 1 aromatic carbocycles. The van der Waals surface area contributed by atoms with Crippen molar-refractivity contribution in [3.8, 4) is 17.1 Å². The van der Waals surface area contributed by atoms with Gasteiger partial charge >= 0.3 is 6.36 Å². The number of hydrogen-bond acceptors (Lipinski definition) is 5. The molecule has 0 saturated carbocycles. The Bertz CT molecular complexity index is 1010. The second-order valence-corrected chi connectivity index (χ2v) is 6.18. The van der Waals surface area contributed by atoms with E-state index in [0.29, 0.717) is 11.3 Å². The van der Waals surface area contributed by atoms with E-state index in [-0.39, 0.29) is 28.7 Å². The van der Waals surface area contributed by atoms with Gasteiger partial charge in [-0.2, -0.15) is 0 Å². The molecule has 1 saturated heterocycles. The standard InChI is InChI=1S/C19H13F3N2O4S/c1-2-9-24-17(26)14(16(25)23-18(24)29)10-13-7-8-15(27-13)11-3-5-12(6-4-11)28-19(20,21)22/h2-8,10H,1,9H2,(H,23,25,29)/b14-10+. The Kier molecular flexibility index (Phi) is 5.55. The van der Waals surface area contributed by atoms with Crippen LogP contribution in [0.3, 0.4) is 0 Å². The first kappa shape index (κ1) is 20.3. The summed E-state index contributed by atoms with van der Waals surface area (Å²) in [5, 5.41) is 2.40. The van der Waals surface area contributed by atoms with Gasteiger partial charge in [-0.05, 0) is 54.7 Å². The van der Waals surface area contributed by atoms with Gasteiger partial charge in [0.2, 0.25) is 0 Å². The highest BCUT2D eigenvalue weighted by atomic mass is 32.1. The molecule has 1 N–H and O–H groups in total. The van der Waals surface area contributed by atoms with E-state index in [1.807, 2.05) is 0 Å². The summed E-state index contributed by atoms with van der Waals surface area (Å²) in [7, 11) is 0. The lowest BCUT2D eigenvalue weighted by Gasteiger charge is -2.27. The van der Waals surface area contributed by atoms with Crippen LogP contribution >= 0.6 is 12.2 Å². The van der Waals surface area contributed by atoms with Crippen LogP contribution in [0.1, 0.15) is 5.76 Å². The molecule has 0 aliphatic carbocycles. The first-order valence-electron chi connectivity index (χ1n) is 8.14. The second-order valence-electron chi connectivity index (χ2n) is 5.80. The third-order valence-corrected chi connectivity index (χ3v) is 4.11. The van der Waals surface area contributed by atoms with Gasteiger partial charge in [-0.3, -0.25) is 19.8 Å². The molecule has 29 heavy (non-hydrogen) atoms. The van der Waals surface area contributed by atoms with Crippen molar-refractivity contribution >= 4 is 35.2 Å². The number of halogens is 3. The molecule has 2 heterocycles. The van der Waals surface area contributed by atoms with Crippen molar-refractivity contribution in [2.45, 2.75) is 6.36 Å². The maximum absolute atomic E-state index is 12.5. The van der Waals surface area contributed by atoms with Crippen LogP contribution in [-0.4, -0.2) is 34.7 Å². The molecular formula is C19H13F3N2O4S. The molecule has 0 spiro atoms. The topological polar surface area (TPSA) is 71.8 Å². The Balaban J connectivity index is 1.82. The second kappa shape index (κ2) is 7.92. The number of carbonyl (C=O) groups excluding carboxylic acids is 2. The van der Waals surface area contributed by atoms with Gasteiger partial charge in [0.25, 0.3) is 11.8 Å². The molecule has 1 fully saturated rings. The van der Waals surface area contributed by atoms with Gasteiger partial charge in [-0.25, -0.2) is 0 Å². The number of carbonyl (C=O) groups is 2. The molecule has 0 bridgehead atoms. The Morgan fingerprint density at radius 1 is 1.17 bits per heavy atom. The molecule has 0 radical (unpaired) electrons. The van der Waals surface area contributed by atoms with Crippen LogP contribution in [0, 0.1) is 0 Å². The molecule has 150 valence electrons. The fourth-order valence-corrected chi connectivity index (χ4v) is 2.79. The monoisotopic (exact) mass is 422 g/mol. The van der Waals surface area contributed by atoms with Crippen molar-refractivity contribution in [1.29, 1.82) is 0 Å². The van der Waals surface area contributed by atoms with Crippen LogP contribution in [0.25, 0.3) is 17.4 Å². The lowest BCUT2D eigenvalue weighted by atomic mass is 10.1. The summed E-state index contributed by atoms with van der Waals surface area (Å²) in [6.07, 6.45) is -2.04. The number of amides is 2.